The molecule has 94 valence electrons. The number of benzene rings is 1. The maximum absolute atomic E-state index is 11.0. The third-order valence-corrected chi connectivity index (χ3v) is 3.22. The van der Waals surface area contributed by atoms with Gasteiger partial charge in [0.2, 0.25) is 0 Å². The van der Waals surface area contributed by atoms with Gasteiger partial charge in [-0.1, -0.05) is 44.5 Å². The average molecular weight is 234 g/mol. The monoisotopic (exact) mass is 234 g/mol. The zero-order chi connectivity index (χ0) is 13.2. The third-order valence-electron chi connectivity index (χ3n) is 3.22. The minimum Gasteiger partial charge on any atom is -0.481 e. The summed E-state index contributed by atoms with van der Waals surface area (Å²) in [6, 6.07) is 6.25. The average Bonchev–Trinajstić information content (AvgIpc) is 2.13. The van der Waals surface area contributed by atoms with Gasteiger partial charge in [0.25, 0.3) is 0 Å². The molecule has 1 atom stereocenters. The number of aryl methyl sites for hydroxylation is 2. The number of hydrogen-bond acceptors (Lipinski definition) is 1. The molecule has 1 unspecified atom stereocenters. The van der Waals surface area contributed by atoms with Gasteiger partial charge < -0.3 is 5.11 Å². The van der Waals surface area contributed by atoms with Crippen molar-refractivity contribution in [3.63, 3.8) is 0 Å². The zero-order valence-corrected chi connectivity index (χ0v) is 11.4. The van der Waals surface area contributed by atoms with Crippen molar-refractivity contribution in [2.24, 2.45) is 5.41 Å². The Bertz CT molecular complexity index is 413. The van der Waals surface area contributed by atoms with Crippen LogP contribution in [0.25, 0.3) is 0 Å². The van der Waals surface area contributed by atoms with Crippen molar-refractivity contribution in [2.45, 2.75) is 47.0 Å². The summed E-state index contributed by atoms with van der Waals surface area (Å²) >= 11 is 0. The maximum atomic E-state index is 11.0. The molecule has 17 heavy (non-hydrogen) atoms. The Labute approximate surface area is 104 Å². The molecule has 2 nitrogen and oxygen atoms in total. The van der Waals surface area contributed by atoms with E-state index in [-0.39, 0.29) is 17.8 Å². The van der Waals surface area contributed by atoms with Crippen LogP contribution in [0.2, 0.25) is 0 Å². The fraction of sp³-hybridized carbons (Fsp3) is 0.533. The number of rotatable bonds is 3. The number of carbonyl (C=O) groups is 1. The molecular formula is C15H22O2. The summed E-state index contributed by atoms with van der Waals surface area (Å²) in [6.45, 7) is 10.4. The largest absolute Gasteiger partial charge is 0.481 e. The predicted molar refractivity (Wildman–Crippen MR) is 70.4 cm³/mol. The highest BCUT2D eigenvalue weighted by molar-refractivity contribution is 5.68. The standard InChI is InChI=1S/C15H22O2/c1-10-6-7-12(11(2)8-10)13(9-14(16)17)15(3,4)5/h6-8,13H,9H2,1-5H3,(H,16,17). The van der Waals surface area contributed by atoms with E-state index in [1.165, 1.54) is 11.1 Å². The first-order chi connectivity index (χ1) is 7.71. The summed E-state index contributed by atoms with van der Waals surface area (Å²) in [4.78, 5) is 11.0. The van der Waals surface area contributed by atoms with E-state index >= 15 is 0 Å². The van der Waals surface area contributed by atoms with Gasteiger partial charge in [-0.2, -0.15) is 0 Å². The number of carboxylic acid groups (broad SMARTS) is 1. The van der Waals surface area contributed by atoms with Crippen LogP contribution in [0.3, 0.4) is 0 Å². The number of aliphatic carboxylic acids is 1. The van der Waals surface area contributed by atoms with Crippen LogP contribution in [0, 0.1) is 19.3 Å². The Morgan fingerprint density at radius 2 is 1.88 bits per heavy atom. The van der Waals surface area contributed by atoms with Crippen molar-refractivity contribution in [1.29, 1.82) is 0 Å². The van der Waals surface area contributed by atoms with Crippen LogP contribution in [0.5, 0.6) is 0 Å². The SMILES string of the molecule is Cc1ccc(C(CC(=O)O)C(C)(C)C)c(C)c1. The van der Waals surface area contributed by atoms with Crippen LogP contribution in [0.1, 0.15) is 49.8 Å². The molecule has 2 heteroatoms. The van der Waals surface area contributed by atoms with E-state index in [1.54, 1.807) is 0 Å². The zero-order valence-electron chi connectivity index (χ0n) is 11.4. The van der Waals surface area contributed by atoms with Gasteiger partial charge in [0.1, 0.15) is 0 Å². The van der Waals surface area contributed by atoms with E-state index in [2.05, 4.69) is 52.8 Å². The van der Waals surface area contributed by atoms with Crippen LogP contribution in [0.15, 0.2) is 18.2 Å². The van der Waals surface area contributed by atoms with E-state index in [0.29, 0.717) is 0 Å². The van der Waals surface area contributed by atoms with E-state index < -0.39 is 5.97 Å². The molecule has 1 aromatic carbocycles. The predicted octanol–water partition coefficient (Wildman–Crippen LogP) is 3.91. The molecule has 1 rings (SSSR count). The van der Waals surface area contributed by atoms with Gasteiger partial charge in [-0.25, -0.2) is 0 Å². The summed E-state index contributed by atoms with van der Waals surface area (Å²) < 4.78 is 0. The summed E-state index contributed by atoms with van der Waals surface area (Å²) in [5.41, 5.74) is 3.52. The minimum atomic E-state index is -0.732. The first kappa shape index (κ1) is 13.8. The van der Waals surface area contributed by atoms with Gasteiger partial charge in [0.05, 0.1) is 6.42 Å². The summed E-state index contributed by atoms with van der Waals surface area (Å²) in [6.07, 6.45) is 0.188. The number of carboxylic acids is 1. The van der Waals surface area contributed by atoms with E-state index in [4.69, 9.17) is 5.11 Å². The lowest BCUT2D eigenvalue weighted by atomic mass is 9.73. The Hall–Kier alpha value is -1.31. The second-order valence-electron chi connectivity index (χ2n) is 5.88. The Morgan fingerprint density at radius 3 is 2.29 bits per heavy atom. The van der Waals surface area contributed by atoms with Gasteiger partial charge in [0.15, 0.2) is 0 Å². The van der Waals surface area contributed by atoms with Crippen molar-refractivity contribution < 1.29 is 9.90 Å². The Kier molecular flexibility index (Phi) is 3.97. The van der Waals surface area contributed by atoms with Gasteiger partial charge in [0, 0.05) is 0 Å². The van der Waals surface area contributed by atoms with Crippen molar-refractivity contribution >= 4 is 5.97 Å². The summed E-state index contributed by atoms with van der Waals surface area (Å²) in [5, 5.41) is 9.05. The highest BCUT2D eigenvalue weighted by atomic mass is 16.4. The molecule has 0 saturated carbocycles. The normalized spacial score (nSPS) is 13.5. The van der Waals surface area contributed by atoms with Crippen LogP contribution in [0.4, 0.5) is 0 Å². The molecule has 0 fully saturated rings. The minimum absolute atomic E-state index is 0.0432. The fourth-order valence-electron chi connectivity index (χ4n) is 2.27. The highest BCUT2D eigenvalue weighted by Gasteiger charge is 2.29. The van der Waals surface area contributed by atoms with Crippen LogP contribution in [-0.2, 0) is 4.79 Å². The van der Waals surface area contributed by atoms with Gasteiger partial charge in [-0.3, -0.25) is 4.79 Å². The second-order valence-corrected chi connectivity index (χ2v) is 5.88. The van der Waals surface area contributed by atoms with Gasteiger partial charge in [-0.05, 0) is 36.3 Å². The highest BCUT2D eigenvalue weighted by Crippen LogP contribution is 2.39. The first-order valence-corrected chi connectivity index (χ1v) is 6.00. The molecule has 1 aromatic rings. The molecule has 1 N–H and O–H groups in total. The molecule has 0 amide bonds. The maximum Gasteiger partial charge on any atom is 0.303 e. The molecule has 0 radical (unpaired) electrons. The Morgan fingerprint density at radius 1 is 1.29 bits per heavy atom. The molecule has 0 aliphatic rings. The molecular weight excluding hydrogens is 212 g/mol. The number of hydrogen-bond donors (Lipinski definition) is 1. The smallest absolute Gasteiger partial charge is 0.303 e. The van der Waals surface area contributed by atoms with Crippen LogP contribution < -0.4 is 0 Å². The lowest BCUT2D eigenvalue weighted by Crippen LogP contribution is -2.22. The molecule has 0 spiro atoms. The van der Waals surface area contributed by atoms with E-state index in [1.807, 2.05) is 0 Å². The molecule has 0 aliphatic carbocycles. The molecule has 0 aromatic heterocycles. The van der Waals surface area contributed by atoms with Crippen molar-refractivity contribution in [3.8, 4) is 0 Å². The quantitative estimate of drug-likeness (QED) is 0.861. The first-order valence-electron chi connectivity index (χ1n) is 6.00. The van der Waals surface area contributed by atoms with Crippen molar-refractivity contribution in [2.75, 3.05) is 0 Å². The topological polar surface area (TPSA) is 37.3 Å². The van der Waals surface area contributed by atoms with Crippen LogP contribution in [-0.4, -0.2) is 11.1 Å². The lowest BCUT2D eigenvalue weighted by molar-refractivity contribution is -0.138. The van der Waals surface area contributed by atoms with Gasteiger partial charge in [-0.15, -0.1) is 0 Å². The van der Waals surface area contributed by atoms with E-state index in [9.17, 15) is 4.79 Å². The van der Waals surface area contributed by atoms with Crippen molar-refractivity contribution in [3.05, 3.63) is 34.9 Å². The van der Waals surface area contributed by atoms with Crippen LogP contribution >= 0.6 is 0 Å². The van der Waals surface area contributed by atoms with Gasteiger partial charge >= 0.3 is 5.97 Å². The second kappa shape index (κ2) is 4.91. The van der Waals surface area contributed by atoms with E-state index in [0.717, 1.165) is 5.56 Å². The summed E-state index contributed by atoms with van der Waals surface area (Å²) in [7, 11) is 0. The lowest BCUT2D eigenvalue weighted by Gasteiger charge is -2.31. The van der Waals surface area contributed by atoms with Crippen molar-refractivity contribution in [1.82, 2.24) is 0 Å². The Balaban J connectivity index is 3.17. The molecule has 0 heterocycles. The fourth-order valence-corrected chi connectivity index (χ4v) is 2.27. The molecule has 0 bridgehead atoms. The third kappa shape index (κ3) is 3.58. The molecule has 0 aliphatic heterocycles. The molecule has 0 saturated heterocycles. The summed E-state index contributed by atoms with van der Waals surface area (Å²) in [5.74, 6) is -0.675.